The Morgan fingerprint density at radius 3 is 2.75 bits per heavy atom. The van der Waals surface area contributed by atoms with Gasteiger partial charge in [-0.05, 0) is 34.5 Å². The minimum atomic E-state index is 0.174. The Labute approximate surface area is 145 Å². The van der Waals surface area contributed by atoms with Crippen molar-refractivity contribution in [2.45, 2.75) is 13.1 Å². The SMILES string of the molecule is O=C(Cn1cnc2ccccc21)N1CCN(Cc2ccsc2)CC1. The third kappa shape index (κ3) is 3.20. The first-order valence-corrected chi connectivity index (χ1v) is 9.15. The summed E-state index contributed by atoms with van der Waals surface area (Å²) in [6.45, 7) is 4.83. The average molecular weight is 340 g/mol. The highest BCUT2D eigenvalue weighted by atomic mass is 32.1. The van der Waals surface area contributed by atoms with Crippen LogP contribution in [-0.2, 0) is 17.9 Å². The van der Waals surface area contributed by atoms with Crippen molar-refractivity contribution in [1.82, 2.24) is 19.4 Å². The van der Waals surface area contributed by atoms with E-state index in [2.05, 4.69) is 26.7 Å². The van der Waals surface area contributed by atoms with E-state index in [4.69, 9.17) is 0 Å². The number of nitrogens with zero attached hydrogens (tertiary/aromatic N) is 4. The van der Waals surface area contributed by atoms with Gasteiger partial charge in [0.15, 0.2) is 0 Å². The minimum absolute atomic E-state index is 0.174. The van der Waals surface area contributed by atoms with E-state index in [-0.39, 0.29) is 5.91 Å². The normalized spacial score (nSPS) is 15.9. The summed E-state index contributed by atoms with van der Waals surface area (Å²) in [5.74, 6) is 0.174. The fourth-order valence-electron chi connectivity index (χ4n) is 3.18. The smallest absolute Gasteiger partial charge is 0.242 e. The van der Waals surface area contributed by atoms with Crippen LogP contribution in [0.4, 0.5) is 0 Å². The highest BCUT2D eigenvalue weighted by Crippen LogP contribution is 2.14. The van der Waals surface area contributed by atoms with Gasteiger partial charge in [0.05, 0.1) is 17.4 Å². The lowest BCUT2D eigenvalue weighted by molar-refractivity contribution is -0.133. The molecule has 0 N–H and O–H groups in total. The molecule has 0 unspecified atom stereocenters. The zero-order valence-electron chi connectivity index (χ0n) is 13.5. The van der Waals surface area contributed by atoms with E-state index in [0.29, 0.717) is 6.54 Å². The van der Waals surface area contributed by atoms with Gasteiger partial charge in [0.1, 0.15) is 6.54 Å². The largest absolute Gasteiger partial charge is 0.339 e. The Kier molecular flexibility index (Phi) is 4.32. The molecule has 0 bridgehead atoms. The van der Waals surface area contributed by atoms with Gasteiger partial charge < -0.3 is 9.47 Å². The number of carbonyl (C=O) groups is 1. The molecule has 0 spiro atoms. The second kappa shape index (κ2) is 6.75. The summed E-state index contributed by atoms with van der Waals surface area (Å²) in [6.07, 6.45) is 1.76. The first-order chi connectivity index (χ1) is 11.8. The zero-order chi connectivity index (χ0) is 16.4. The second-order valence-electron chi connectivity index (χ2n) is 6.15. The standard InChI is InChI=1S/C18H20N4OS/c23-18(12-22-14-19-16-3-1-2-4-17(16)22)21-8-6-20(7-9-21)11-15-5-10-24-13-15/h1-5,10,13-14H,6-9,11-12H2. The molecule has 1 aliphatic rings. The number of fused-ring (bicyclic) bond motifs is 1. The first-order valence-electron chi connectivity index (χ1n) is 8.21. The third-order valence-corrected chi connectivity index (χ3v) is 5.28. The highest BCUT2D eigenvalue weighted by molar-refractivity contribution is 7.07. The lowest BCUT2D eigenvalue weighted by Crippen LogP contribution is -2.49. The van der Waals surface area contributed by atoms with Gasteiger partial charge in [0.2, 0.25) is 5.91 Å². The molecular weight excluding hydrogens is 320 g/mol. The molecular formula is C18H20N4OS. The molecule has 1 fully saturated rings. The molecule has 124 valence electrons. The van der Waals surface area contributed by atoms with Gasteiger partial charge in [-0.3, -0.25) is 9.69 Å². The maximum atomic E-state index is 12.6. The third-order valence-electron chi connectivity index (χ3n) is 4.54. The first kappa shape index (κ1) is 15.4. The molecule has 6 heteroatoms. The molecule has 3 heterocycles. The Morgan fingerprint density at radius 1 is 1.12 bits per heavy atom. The molecule has 1 amide bonds. The topological polar surface area (TPSA) is 41.4 Å². The van der Waals surface area contributed by atoms with E-state index in [1.165, 1.54) is 5.56 Å². The molecule has 24 heavy (non-hydrogen) atoms. The van der Waals surface area contributed by atoms with Gasteiger partial charge in [-0.25, -0.2) is 4.98 Å². The quantitative estimate of drug-likeness (QED) is 0.732. The molecule has 1 aliphatic heterocycles. The number of para-hydroxylation sites is 2. The van der Waals surface area contributed by atoms with Crippen LogP contribution in [0.2, 0.25) is 0 Å². The molecule has 0 atom stereocenters. The number of aromatic nitrogens is 2. The fraction of sp³-hybridized carbons (Fsp3) is 0.333. The van der Waals surface area contributed by atoms with E-state index in [1.807, 2.05) is 33.7 Å². The molecule has 4 rings (SSSR count). The molecule has 2 aromatic heterocycles. The summed E-state index contributed by atoms with van der Waals surface area (Å²) in [4.78, 5) is 21.3. The molecule has 3 aromatic rings. The summed E-state index contributed by atoms with van der Waals surface area (Å²) in [5, 5.41) is 4.31. The van der Waals surface area contributed by atoms with Crippen molar-refractivity contribution in [3.8, 4) is 0 Å². The molecule has 0 saturated carbocycles. The van der Waals surface area contributed by atoms with Gasteiger partial charge in [-0.15, -0.1) is 0 Å². The number of thiophene rings is 1. The second-order valence-corrected chi connectivity index (χ2v) is 6.93. The van der Waals surface area contributed by atoms with Crippen LogP contribution in [0.15, 0.2) is 47.4 Å². The summed E-state index contributed by atoms with van der Waals surface area (Å²) in [6, 6.07) is 10.1. The van der Waals surface area contributed by atoms with E-state index in [0.717, 1.165) is 43.8 Å². The molecule has 0 aliphatic carbocycles. The van der Waals surface area contributed by atoms with Crippen molar-refractivity contribution < 1.29 is 4.79 Å². The van der Waals surface area contributed by atoms with Gasteiger partial charge in [-0.2, -0.15) is 11.3 Å². The van der Waals surface area contributed by atoms with Gasteiger partial charge in [0.25, 0.3) is 0 Å². The lowest BCUT2D eigenvalue weighted by atomic mass is 10.2. The van der Waals surface area contributed by atoms with Crippen LogP contribution in [0.5, 0.6) is 0 Å². The summed E-state index contributed by atoms with van der Waals surface area (Å²) in [7, 11) is 0. The zero-order valence-corrected chi connectivity index (χ0v) is 14.3. The molecule has 1 aromatic carbocycles. The van der Waals surface area contributed by atoms with Gasteiger partial charge >= 0.3 is 0 Å². The molecule has 1 saturated heterocycles. The van der Waals surface area contributed by atoms with E-state index < -0.39 is 0 Å². The number of carbonyl (C=O) groups excluding carboxylic acids is 1. The summed E-state index contributed by atoms with van der Waals surface area (Å²) in [5.41, 5.74) is 3.32. The van der Waals surface area contributed by atoms with Crippen LogP contribution in [0.25, 0.3) is 11.0 Å². The van der Waals surface area contributed by atoms with Crippen LogP contribution < -0.4 is 0 Å². The Hall–Kier alpha value is -2.18. The van der Waals surface area contributed by atoms with Crippen molar-refractivity contribution in [1.29, 1.82) is 0 Å². The van der Waals surface area contributed by atoms with Crippen LogP contribution in [-0.4, -0.2) is 51.4 Å². The molecule has 0 radical (unpaired) electrons. The van der Waals surface area contributed by atoms with Crippen molar-refractivity contribution in [2.75, 3.05) is 26.2 Å². The predicted octanol–water partition coefficient (Wildman–Crippen LogP) is 2.44. The highest BCUT2D eigenvalue weighted by Gasteiger charge is 2.21. The number of amides is 1. The Balaban J connectivity index is 1.34. The van der Waals surface area contributed by atoms with Crippen molar-refractivity contribution in [2.24, 2.45) is 0 Å². The van der Waals surface area contributed by atoms with E-state index >= 15 is 0 Å². The maximum Gasteiger partial charge on any atom is 0.242 e. The lowest BCUT2D eigenvalue weighted by Gasteiger charge is -2.34. The Bertz CT molecular complexity index is 819. The average Bonchev–Trinajstić information content (AvgIpc) is 3.26. The number of benzene rings is 1. The van der Waals surface area contributed by atoms with Crippen molar-refractivity contribution in [3.05, 3.63) is 53.0 Å². The fourth-order valence-corrected chi connectivity index (χ4v) is 3.84. The van der Waals surface area contributed by atoms with Crippen molar-refractivity contribution in [3.63, 3.8) is 0 Å². The molecule has 5 nitrogen and oxygen atoms in total. The van der Waals surface area contributed by atoms with Gasteiger partial charge in [0, 0.05) is 32.7 Å². The van der Waals surface area contributed by atoms with E-state index in [9.17, 15) is 4.79 Å². The van der Waals surface area contributed by atoms with Gasteiger partial charge in [-0.1, -0.05) is 12.1 Å². The number of piperazine rings is 1. The number of hydrogen-bond acceptors (Lipinski definition) is 4. The predicted molar refractivity (Wildman–Crippen MR) is 95.9 cm³/mol. The van der Waals surface area contributed by atoms with E-state index in [1.54, 1.807) is 17.7 Å². The maximum absolute atomic E-state index is 12.6. The number of hydrogen-bond donors (Lipinski definition) is 0. The number of rotatable bonds is 4. The summed E-state index contributed by atoms with van der Waals surface area (Å²) < 4.78 is 1.94. The summed E-state index contributed by atoms with van der Waals surface area (Å²) >= 11 is 1.74. The van der Waals surface area contributed by atoms with Crippen LogP contribution in [0, 0.1) is 0 Å². The van der Waals surface area contributed by atoms with Crippen LogP contribution in [0.3, 0.4) is 0 Å². The monoisotopic (exact) mass is 340 g/mol. The van der Waals surface area contributed by atoms with Crippen molar-refractivity contribution >= 4 is 28.3 Å². The Morgan fingerprint density at radius 2 is 1.96 bits per heavy atom. The number of imidazole rings is 1. The van der Waals surface area contributed by atoms with Crippen LogP contribution in [0.1, 0.15) is 5.56 Å². The minimum Gasteiger partial charge on any atom is -0.339 e. The van der Waals surface area contributed by atoms with Crippen LogP contribution >= 0.6 is 11.3 Å².